The van der Waals surface area contributed by atoms with Gasteiger partial charge in [-0.05, 0) is 37.5 Å². The monoisotopic (exact) mass is 234 g/mol. The van der Waals surface area contributed by atoms with Crippen LogP contribution in [0.15, 0.2) is 24.3 Å². The number of anilines is 1. The zero-order valence-electron chi connectivity index (χ0n) is 10.0. The van der Waals surface area contributed by atoms with Crippen molar-refractivity contribution in [3.63, 3.8) is 0 Å². The Morgan fingerprint density at radius 2 is 2.41 bits per heavy atom. The Bertz CT molecular complexity index is 406. The first-order valence-electron chi connectivity index (χ1n) is 5.96. The Kier molecular flexibility index (Phi) is 3.64. The summed E-state index contributed by atoms with van der Waals surface area (Å²) in [4.78, 5) is 13.7. The van der Waals surface area contributed by atoms with Crippen molar-refractivity contribution in [2.45, 2.75) is 25.8 Å². The number of aliphatic hydroxyl groups excluding tert-OH is 1. The van der Waals surface area contributed by atoms with Gasteiger partial charge in [-0.2, -0.15) is 0 Å². The number of rotatable bonds is 2. The van der Waals surface area contributed by atoms with Crippen LogP contribution in [0.1, 0.15) is 18.4 Å². The molecule has 1 aliphatic heterocycles. The van der Waals surface area contributed by atoms with Gasteiger partial charge in [-0.1, -0.05) is 12.1 Å². The van der Waals surface area contributed by atoms with Crippen molar-refractivity contribution in [1.82, 2.24) is 4.90 Å². The maximum Gasteiger partial charge on any atom is 0.322 e. The second-order valence-electron chi connectivity index (χ2n) is 4.47. The van der Waals surface area contributed by atoms with Crippen LogP contribution in [0.3, 0.4) is 0 Å². The average Bonchev–Trinajstić information content (AvgIpc) is 2.77. The van der Waals surface area contributed by atoms with Gasteiger partial charge in [0.1, 0.15) is 0 Å². The molecule has 2 amide bonds. The van der Waals surface area contributed by atoms with E-state index in [4.69, 9.17) is 0 Å². The highest BCUT2D eigenvalue weighted by molar-refractivity contribution is 5.89. The number of aryl methyl sites for hydroxylation is 1. The lowest BCUT2D eigenvalue weighted by Gasteiger charge is -2.23. The van der Waals surface area contributed by atoms with Gasteiger partial charge in [-0.15, -0.1) is 0 Å². The standard InChI is InChI=1S/C13H18N2O2/c1-10-4-2-5-11(8-10)14-13(17)15-7-3-6-12(15)9-16/h2,4-5,8,12,16H,3,6-7,9H2,1H3,(H,14,17). The first-order valence-corrected chi connectivity index (χ1v) is 5.96. The van der Waals surface area contributed by atoms with Gasteiger partial charge in [0.05, 0.1) is 12.6 Å². The van der Waals surface area contributed by atoms with Crippen LogP contribution < -0.4 is 5.32 Å². The SMILES string of the molecule is Cc1cccc(NC(=O)N2CCCC2CO)c1. The molecule has 1 aromatic carbocycles. The second kappa shape index (κ2) is 5.19. The van der Waals surface area contributed by atoms with E-state index >= 15 is 0 Å². The minimum absolute atomic E-state index is 0.0280. The van der Waals surface area contributed by atoms with Crippen molar-refractivity contribution in [2.75, 3.05) is 18.5 Å². The first-order chi connectivity index (χ1) is 8.20. The molecule has 1 unspecified atom stereocenters. The highest BCUT2D eigenvalue weighted by Crippen LogP contribution is 2.18. The van der Waals surface area contributed by atoms with Gasteiger partial charge in [0.25, 0.3) is 0 Å². The van der Waals surface area contributed by atoms with E-state index in [2.05, 4.69) is 5.32 Å². The summed E-state index contributed by atoms with van der Waals surface area (Å²) in [5.74, 6) is 0. The van der Waals surface area contributed by atoms with E-state index in [1.54, 1.807) is 4.90 Å². The number of hydrogen-bond acceptors (Lipinski definition) is 2. The zero-order valence-corrected chi connectivity index (χ0v) is 10.0. The predicted molar refractivity (Wildman–Crippen MR) is 67.0 cm³/mol. The van der Waals surface area contributed by atoms with Crippen molar-refractivity contribution in [3.8, 4) is 0 Å². The lowest BCUT2D eigenvalue weighted by atomic mass is 10.2. The smallest absolute Gasteiger partial charge is 0.322 e. The molecular weight excluding hydrogens is 216 g/mol. The molecule has 1 aromatic rings. The lowest BCUT2D eigenvalue weighted by molar-refractivity contribution is 0.166. The number of hydrogen-bond donors (Lipinski definition) is 2. The molecule has 92 valence electrons. The van der Waals surface area contributed by atoms with E-state index in [-0.39, 0.29) is 18.7 Å². The quantitative estimate of drug-likeness (QED) is 0.822. The van der Waals surface area contributed by atoms with Crippen molar-refractivity contribution >= 4 is 11.7 Å². The Morgan fingerprint density at radius 3 is 3.12 bits per heavy atom. The minimum atomic E-state index is -0.118. The first kappa shape index (κ1) is 11.9. The molecule has 0 aromatic heterocycles. The number of aliphatic hydroxyl groups is 1. The number of likely N-dealkylation sites (tertiary alicyclic amines) is 1. The van der Waals surface area contributed by atoms with Gasteiger partial charge in [0, 0.05) is 12.2 Å². The van der Waals surface area contributed by atoms with E-state index in [0.717, 1.165) is 30.6 Å². The average molecular weight is 234 g/mol. The summed E-state index contributed by atoms with van der Waals surface area (Å²) in [5, 5.41) is 12.0. The summed E-state index contributed by atoms with van der Waals surface area (Å²) >= 11 is 0. The molecule has 17 heavy (non-hydrogen) atoms. The predicted octanol–water partition coefficient (Wildman–Crippen LogP) is 1.98. The summed E-state index contributed by atoms with van der Waals surface area (Å²) in [6.07, 6.45) is 1.85. The Morgan fingerprint density at radius 1 is 1.59 bits per heavy atom. The highest BCUT2D eigenvalue weighted by Gasteiger charge is 2.27. The van der Waals surface area contributed by atoms with E-state index in [1.165, 1.54) is 0 Å². The molecule has 0 bridgehead atoms. The van der Waals surface area contributed by atoms with Crippen LogP contribution in [0.2, 0.25) is 0 Å². The van der Waals surface area contributed by atoms with E-state index in [1.807, 2.05) is 31.2 Å². The van der Waals surface area contributed by atoms with E-state index in [9.17, 15) is 9.90 Å². The van der Waals surface area contributed by atoms with Crippen molar-refractivity contribution in [2.24, 2.45) is 0 Å². The molecule has 4 heteroatoms. The number of nitrogens with one attached hydrogen (secondary N) is 1. The molecule has 0 aliphatic carbocycles. The van der Waals surface area contributed by atoms with Crippen LogP contribution in [0.4, 0.5) is 10.5 Å². The minimum Gasteiger partial charge on any atom is -0.394 e. The van der Waals surface area contributed by atoms with E-state index < -0.39 is 0 Å². The molecule has 1 heterocycles. The van der Waals surface area contributed by atoms with Crippen LogP contribution in [0.25, 0.3) is 0 Å². The molecule has 4 nitrogen and oxygen atoms in total. The van der Waals surface area contributed by atoms with Gasteiger partial charge in [-0.25, -0.2) is 4.79 Å². The lowest BCUT2D eigenvalue weighted by Crippen LogP contribution is -2.40. The van der Waals surface area contributed by atoms with Crippen LogP contribution in [0, 0.1) is 6.92 Å². The van der Waals surface area contributed by atoms with Gasteiger partial charge >= 0.3 is 6.03 Å². The van der Waals surface area contributed by atoms with Crippen molar-refractivity contribution < 1.29 is 9.90 Å². The molecule has 1 atom stereocenters. The summed E-state index contributed by atoms with van der Waals surface area (Å²) in [7, 11) is 0. The molecule has 1 saturated heterocycles. The van der Waals surface area contributed by atoms with Crippen LogP contribution in [-0.2, 0) is 0 Å². The Balaban J connectivity index is 2.01. The number of nitrogens with zero attached hydrogens (tertiary/aromatic N) is 1. The summed E-state index contributed by atoms with van der Waals surface area (Å²) in [6.45, 7) is 2.76. The summed E-state index contributed by atoms with van der Waals surface area (Å²) in [6, 6.07) is 7.56. The molecule has 1 fully saturated rings. The van der Waals surface area contributed by atoms with Gasteiger partial charge in [0.2, 0.25) is 0 Å². The van der Waals surface area contributed by atoms with Crippen molar-refractivity contribution in [3.05, 3.63) is 29.8 Å². The largest absolute Gasteiger partial charge is 0.394 e. The number of benzene rings is 1. The molecule has 0 radical (unpaired) electrons. The molecule has 2 N–H and O–H groups in total. The van der Waals surface area contributed by atoms with Gasteiger partial charge in [0.15, 0.2) is 0 Å². The molecule has 2 rings (SSSR count). The summed E-state index contributed by atoms with van der Waals surface area (Å²) < 4.78 is 0. The maximum absolute atomic E-state index is 12.0. The topological polar surface area (TPSA) is 52.6 Å². The van der Waals surface area contributed by atoms with Crippen LogP contribution >= 0.6 is 0 Å². The number of amides is 2. The fraction of sp³-hybridized carbons (Fsp3) is 0.462. The highest BCUT2D eigenvalue weighted by atomic mass is 16.3. The Labute approximate surface area is 101 Å². The van der Waals surface area contributed by atoms with Gasteiger partial charge in [-0.3, -0.25) is 0 Å². The second-order valence-corrected chi connectivity index (χ2v) is 4.47. The third-order valence-corrected chi connectivity index (χ3v) is 3.12. The number of carbonyl (C=O) groups is 1. The molecule has 0 spiro atoms. The molecular formula is C13H18N2O2. The fourth-order valence-electron chi connectivity index (χ4n) is 2.21. The zero-order chi connectivity index (χ0) is 12.3. The third-order valence-electron chi connectivity index (χ3n) is 3.12. The third kappa shape index (κ3) is 2.77. The van der Waals surface area contributed by atoms with Crippen LogP contribution in [-0.4, -0.2) is 35.2 Å². The molecule has 1 aliphatic rings. The summed E-state index contributed by atoms with van der Waals surface area (Å²) in [5.41, 5.74) is 1.92. The van der Waals surface area contributed by atoms with Gasteiger partial charge < -0.3 is 15.3 Å². The normalized spacial score (nSPS) is 19.4. The van der Waals surface area contributed by atoms with Crippen LogP contribution in [0.5, 0.6) is 0 Å². The van der Waals surface area contributed by atoms with E-state index in [0.29, 0.717) is 0 Å². The maximum atomic E-state index is 12.0. The number of carbonyl (C=O) groups excluding carboxylic acids is 1. The fourth-order valence-corrected chi connectivity index (χ4v) is 2.21. The molecule has 0 saturated carbocycles. The number of urea groups is 1. The van der Waals surface area contributed by atoms with Crippen molar-refractivity contribution in [1.29, 1.82) is 0 Å². The Hall–Kier alpha value is -1.55.